The summed E-state index contributed by atoms with van der Waals surface area (Å²) in [6.45, 7) is 1.29. The predicted molar refractivity (Wildman–Crippen MR) is 216 cm³/mol. The van der Waals surface area contributed by atoms with Crippen molar-refractivity contribution in [1.82, 2.24) is 0 Å². The highest BCUT2D eigenvalue weighted by molar-refractivity contribution is 5.66. The average Bonchev–Trinajstić information content (AvgIpc) is 3.52. The Hall–Kier alpha value is -1.29. The Kier molecular flexibility index (Phi) is 24.0. The molecule has 21 heteroatoms. The number of ether oxygens (including phenoxy) is 6. The highest BCUT2D eigenvalue weighted by Crippen LogP contribution is 2.34. The van der Waals surface area contributed by atoms with Crippen LogP contribution < -0.4 is 34.4 Å². The SMILES string of the molecule is CCCCCCCCCCCCCCCC(=O)O.NC[C@@H]1O[C@H](O[C@H]2[C@@H](O)[C@H](O[C@@H]3[C@@H](O)[C@H](N)C[C@H](N)[C@H]3O[C@H]3O[C@H](CN)[C@@H](O)[C@H](O)[C@H]3N)O[C@@H]2CO)[C@H](N)[C@@H](O)[C@@H]1O. The van der Waals surface area contributed by atoms with Crippen molar-refractivity contribution >= 4 is 5.97 Å². The van der Waals surface area contributed by atoms with E-state index in [0.29, 0.717) is 6.42 Å². The number of unbranched alkanes of at least 4 members (excludes halogenated alkanes) is 12. The van der Waals surface area contributed by atoms with Crippen LogP contribution in [-0.4, -0.2) is 183 Å². The van der Waals surface area contributed by atoms with E-state index in [9.17, 15) is 40.5 Å². The van der Waals surface area contributed by atoms with E-state index in [0.717, 1.165) is 12.8 Å². The number of carbonyl (C=O) groups is 1. The van der Waals surface area contributed by atoms with Gasteiger partial charge in [-0.3, -0.25) is 4.79 Å². The van der Waals surface area contributed by atoms with Crippen LogP contribution in [0.1, 0.15) is 103 Å². The first kappa shape index (κ1) is 53.1. The Balaban J connectivity index is 0.000000450. The van der Waals surface area contributed by atoms with E-state index in [1.165, 1.54) is 70.6 Å². The second kappa shape index (κ2) is 27.1. The zero-order chi connectivity index (χ0) is 44.5. The number of aliphatic hydroxyl groups excluding tert-OH is 7. The summed E-state index contributed by atoms with van der Waals surface area (Å²) in [4.78, 5) is 10.3. The van der Waals surface area contributed by atoms with E-state index in [1.54, 1.807) is 0 Å². The van der Waals surface area contributed by atoms with Gasteiger partial charge in [-0.05, 0) is 12.8 Å². The minimum absolute atomic E-state index is 0.0889. The molecule has 21 nitrogen and oxygen atoms in total. The number of aliphatic carboxylic acids is 1. The lowest BCUT2D eigenvalue weighted by molar-refractivity contribution is -0.306. The van der Waals surface area contributed by atoms with Crippen LogP contribution in [0, 0.1) is 0 Å². The van der Waals surface area contributed by atoms with Crippen molar-refractivity contribution < 1.29 is 74.1 Å². The molecule has 3 heterocycles. The molecule has 60 heavy (non-hydrogen) atoms. The Bertz CT molecular complexity index is 1190. The third kappa shape index (κ3) is 15.2. The summed E-state index contributed by atoms with van der Waals surface area (Å²) < 4.78 is 34.6. The summed E-state index contributed by atoms with van der Waals surface area (Å²) in [5.74, 6) is -0.655. The van der Waals surface area contributed by atoms with Crippen molar-refractivity contribution in [2.75, 3.05) is 19.7 Å². The van der Waals surface area contributed by atoms with Gasteiger partial charge in [0.15, 0.2) is 18.9 Å². The quantitative estimate of drug-likeness (QED) is 0.0446. The van der Waals surface area contributed by atoms with Crippen molar-refractivity contribution in [3.05, 3.63) is 0 Å². The lowest BCUT2D eigenvalue weighted by atomic mass is 9.84. The van der Waals surface area contributed by atoms with Crippen molar-refractivity contribution in [3.63, 3.8) is 0 Å². The molecular formula is C39H78N6O15. The minimum Gasteiger partial charge on any atom is -0.481 e. The fourth-order valence-electron chi connectivity index (χ4n) is 8.04. The zero-order valence-electron chi connectivity index (χ0n) is 35.1. The number of nitrogens with two attached hydrogens (primary N) is 6. The van der Waals surface area contributed by atoms with Crippen molar-refractivity contribution in [2.24, 2.45) is 34.4 Å². The molecule has 0 bridgehead atoms. The molecule has 1 saturated carbocycles. The first-order chi connectivity index (χ1) is 28.6. The van der Waals surface area contributed by atoms with E-state index < -0.39 is 129 Å². The van der Waals surface area contributed by atoms with Crippen LogP contribution in [0.4, 0.5) is 0 Å². The van der Waals surface area contributed by atoms with E-state index in [4.69, 9.17) is 67.9 Å². The number of aliphatic hydroxyl groups is 7. The molecule has 0 aromatic rings. The molecule has 4 rings (SSSR count). The molecule has 0 radical (unpaired) electrons. The fraction of sp³-hybridized carbons (Fsp3) is 0.974. The van der Waals surface area contributed by atoms with Crippen LogP contribution in [0.2, 0.25) is 0 Å². The molecular weight excluding hydrogens is 792 g/mol. The van der Waals surface area contributed by atoms with Gasteiger partial charge in [-0.1, -0.05) is 84.0 Å². The lowest BCUT2D eigenvalue weighted by Crippen LogP contribution is -2.68. The van der Waals surface area contributed by atoms with Gasteiger partial charge in [-0.25, -0.2) is 0 Å². The second-order valence-corrected chi connectivity index (χ2v) is 16.6. The second-order valence-electron chi connectivity index (χ2n) is 16.6. The molecule has 0 aromatic heterocycles. The molecule has 1 aliphatic carbocycles. The van der Waals surface area contributed by atoms with Crippen molar-refractivity contribution in [3.8, 4) is 0 Å². The summed E-state index contributed by atoms with van der Waals surface area (Å²) in [6, 6.07) is -4.18. The maximum absolute atomic E-state index is 11.1. The third-order valence-corrected chi connectivity index (χ3v) is 11.9. The monoisotopic (exact) mass is 871 g/mol. The van der Waals surface area contributed by atoms with Crippen LogP contribution in [0.5, 0.6) is 0 Å². The van der Waals surface area contributed by atoms with Gasteiger partial charge in [0.05, 0.1) is 24.8 Å². The van der Waals surface area contributed by atoms with Gasteiger partial charge in [0.1, 0.15) is 67.1 Å². The minimum atomic E-state index is -1.60. The summed E-state index contributed by atoms with van der Waals surface area (Å²) in [7, 11) is 0. The van der Waals surface area contributed by atoms with Gasteiger partial charge in [0.25, 0.3) is 0 Å². The lowest BCUT2D eigenvalue weighted by Gasteiger charge is -2.47. The van der Waals surface area contributed by atoms with Gasteiger partial charge in [0.2, 0.25) is 0 Å². The van der Waals surface area contributed by atoms with E-state index >= 15 is 0 Å². The first-order valence-electron chi connectivity index (χ1n) is 21.9. The number of carboxylic acid groups (broad SMARTS) is 1. The largest absolute Gasteiger partial charge is 0.481 e. The van der Waals surface area contributed by atoms with Crippen molar-refractivity contribution in [1.29, 1.82) is 0 Å². The van der Waals surface area contributed by atoms with Gasteiger partial charge >= 0.3 is 5.97 Å². The number of hydrogen-bond donors (Lipinski definition) is 14. The Labute approximate surface area is 353 Å². The molecule has 4 fully saturated rings. The van der Waals surface area contributed by atoms with E-state index in [1.807, 2.05) is 0 Å². The summed E-state index contributed by atoms with van der Waals surface area (Å²) >= 11 is 0. The third-order valence-electron chi connectivity index (χ3n) is 11.9. The number of rotatable bonds is 23. The number of hydrogen-bond acceptors (Lipinski definition) is 20. The Morgan fingerprint density at radius 1 is 0.533 bits per heavy atom. The van der Waals surface area contributed by atoms with E-state index in [-0.39, 0.29) is 19.5 Å². The van der Waals surface area contributed by atoms with Crippen LogP contribution >= 0.6 is 0 Å². The van der Waals surface area contributed by atoms with Gasteiger partial charge in [-0.2, -0.15) is 0 Å². The molecule has 0 amide bonds. The van der Waals surface area contributed by atoms with Gasteiger partial charge in [-0.15, -0.1) is 0 Å². The molecule has 3 aliphatic heterocycles. The standard InChI is InChI=1S/C23H46N6O13.C16H32O2/c24-2-7-13(32)15(34)10(28)21(37-7)40-18-6(27)1-5(26)12(31)20(18)42-23-17(36)19(9(4-30)39-23)41-22-11(29)16(35)14(33)8(3-25)38-22;1-2-3-4-5-6-7-8-9-10-11-12-13-14-15-16(17)18/h5-23,30-36H,1-4,24-29H2;2-15H2,1H3,(H,17,18)/t5-,6+,7-,8+,9-,10-,11-,12+,13-,14-,15-,16-,17-,18-,19-,20-,21-,22-,23+;/m1./s1. The molecule has 4 aliphatic rings. The Morgan fingerprint density at radius 2 is 0.950 bits per heavy atom. The molecule has 0 spiro atoms. The average molecular weight is 871 g/mol. The predicted octanol–water partition coefficient (Wildman–Crippen LogP) is -3.34. The highest BCUT2D eigenvalue weighted by atomic mass is 16.8. The molecule has 20 N–H and O–H groups in total. The zero-order valence-corrected chi connectivity index (χ0v) is 35.1. The Morgan fingerprint density at radius 3 is 1.38 bits per heavy atom. The normalized spacial score (nSPS) is 40.9. The molecule has 3 saturated heterocycles. The highest BCUT2D eigenvalue weighted by Gasteiger charge is 2.54. The van der Waals surface area contributed by atoms with E-state index in [2.05, 4.69) is 6.92 Å². The maximum atomic E-state index is 11.1. The van der Waals surface area contributed by atoms with Crippen LogP contribution in [0.15, 0.2) is 0 Å². The van der Waals surface area contributed by atoms with Crippen molar-refractivity contribution in [2.45, 2.75) is 220 Å². The maximum Gasteiger partial charge on any atom is 0.303 e. The van der Waals surface area contributed by atoms with Crippen LogP contribution in [0.3, 0.4) is 0 Å². The smallest absolute Gasteiger partial charge is 0.303 e. The summed E-state index contributed by atoms with van der Waals surface area (Å²) in [5, 5.41) is 81.5. The first-order valence-corrected chi connectivity index (χ1v) is 21.9. The fourth-order valence-corrected chi connectivity index (χ4v) is 8.04. The molecule has 0 aromatic carbocycles. The van der Waals surface area contributed by atoms with Gasteiger partial charge in [0, 0.05) is 31.6 Å². The van der Waals surface area contributed by atoms with Crippen LogP contribution in [0.25, 0.3) is 0 Å². The molecule has 0 unspecified atom stereocenters. The summed E-state index contributed by atoms with van der Waals surface area (Å²) in [5.41, 5.74) is 35.6. The topological polar surface area (TPSA) is 390 Å². The number of carboxylic acids is 1. The molecule has 354 valence electrons. The van der Waals surface area contributed by atoms with Gasteiger partial charge < -0.3 is 104 Å². The summed E-state index contributed by atoms with van der Waals surface area (Å²) in [6.07, 6.45) is -2.51. The molecule has 19 atom stereocenters. The van der Waals surface area contributed by atoms with Crippen LogP contribution in [-0.2, 0) is 33.2 Å².